The zero-order valence-electron chi connectivity index (χ0n) is 20.9. The predicted molar refractivity (Wildman–Crippen MR) is 135 cm³/mol. The van der Waals surface area contributed by atoms with Crippen molar-refractivity contribution < 1.29 is 19.4 Å². The summed E-state index contributed by atoms with van der Waals surface area (Å²) in [4.78, 5) is 42.1. The molecule has 0 radical (unpaired) electrons. The first-order valence-corrected chi connectivity index (χ1v) is 11.9. The molecular formula is C27H28N6O4. The third-order valence-electron chi connectivity index (χ3n) is 6.43. The van der Waals surface area contributed by atoms with Crippen LogP contribution < -0.4 is 4.74 Å². The molecule has 2 amide bonds. The molecule has 0 spiro atoms. The van der Waals surface area contributed by atoms with Crippen molar-refractivity contribution in [1.82, 2.24) is 24.8 Å². The molecule has 3 heterocycles. The van der Waals surface area contributed by atoms with Gasteiger partial charge >= 0.3 is 0 Å². The topological polar surface area (TPSA) is 133 Å². The van der Waals surface area contributed by atoms with E-state index in [4.69, 9.17) is 4.74 Å². The monoisotopic (exact) mass is 500 g/mol. The molecule has 1 aromatic carbocycles. The van der Waals surface area contributed by atoms with Gasteiger partial charge in [0.1, 0.15) is 17.4 Å². The first-order chi connectivity index (χ1) is 17.8. The molecule has 0 bridgehead atoms. The molecule has 0 saturated heterocycles. The van der Waals surface area contributed by atoms with Gasteiger partial charge in [-0.25, -0.2) is 9.97 Å². The maximum absolute atomic E-state index is 13.6. The Morgan fingerprint density at radius 3 is 2.78 bits per heavy atom. The van der Waals surface area contributed by atoms with E-state index in [1.165, 1.54) is 23.5 Å². The van der Waals surface area contributed by atoms with Crippen LogP contribution in [0.15, 0.2) is 55.1 Å². The van der Waals surface area contributed by atoms with Gasteiger partial charge in [-0.3, -0.25) is 14.6 Å². The van der Waals surface area contributed by atoms with Crippen LogP contribution in [-0.4, -0.2) is 80.6 Å². The number of benzene rings is 1. The highest BCUT2D eigenvalue weighted by Crippen LogP contribution is 2.30. The molecule has 3 atom stereocenters. The SMILES string of the molecule is C[C@H](CO)N1C[C@H](C)[C@@H](CN(C)C(=O)c2cnccn2)Oc2ncc(-c3cccc(C#N)c3)cc2C1=O. The molecule has 4 rings (SSSR count). The lowest BCUT2D eigenvalue weighted by Gasteiger charge is -2.37. The number of likely N-dealkylation sites (N-methyl/N-ethyl adjacent to an activating group) is 1. The van der Waals surface area contributed by atoms with E-state index < -0.39 is 12.1 Å². The van der Waals surface area contributed by atoms with Gasteiger partial charge in [0.2, 0.25) is 5.88 Å². The van der Waals surface area contributed by atoms with E-state index in [1.54, 1.807) is 49.3 Å². The predicted octanol–water partition coefficient (Wildman–Crippen LogP) is 2.40. The summed E-state index contributed by atoms with van der Waals surface area (Å²) in [6.45, 7) is 4.04. The van der Waals surface area contributed by atoms with E-state index >= 15 is 0 Å². The minimum atomic E-state index is -0.494. The molecule has 37 heavy (non-hydrogen) atoms. The number of carbonyl (C=O) groups is 2. The summed E-state index contributed by atoms with van der Waals surface area (Å²) >= 11 is 0. The van der Waals surface area contributed by atoms with Gasteiger partial charge < -0.3 is 19.6 Å². The normalized spacial score (nSPS) is 18.0. The molecule has 0 unspecified atom stereocenters. The fourth-order valence-corrected chi connectivity index (χ4v) is 4.20. The smallest absolute Gasteiger partial charge is 0.273 e. The van der Waals surface area contributed by atoms with Crippen LogP contribution in [0.2, 0.25) is 0 Å². The lowest BCUT2D eigenvalue weighted by atomic mass is 9.98. The van der Waals surface area contributed by atoms with Gasteiger partial charge in [0, 0.05) is 43.7 Å². The number of hydrogen-bond acceptors (Lipinski definition) is 8. The molecule has 3 aromatic rings. The van der Waals surface area contributed by atoms with E-state index in [1.807, 2.05) is 13.0 Å². The molecular weight excluding hydrogens is 472 g/mol. The molecule has 1 aliphatic heterocycles. The van der Waals surface area contributed by atoms with Crippen molar-refractivity contribution in [3.05, 3.63) is 71.9 Å². The van der Waals surface area contributed by atoms with Crippen LogP contribution in [0.1, 0.15) is 40.3 Å². The Kier molecular flexibility index (Phi) is 7.74. The van der Waals surface area contributed by atoms with Gasteiger partial charge in [-0.05, 0) is 30.7 Å². The highest BCUT2D eigenvalue weighted by Gasteiger charge is 2.35. The van der Waals surface area contributed by atoms with Gasteiger partial charge in [-0.2, -0.15) is 5.26 Å². The van der Waals surface area contributed by atoms with Crippen LogP contribution in [0.5, 0.6) is 5.88 Å². The molecule has 0 aliphatic carbocycles. The van der Waals surface area contributed by atoms with E-state index in [2.05, 4.69) is 21.0 Å². The summed E-state index contributed by atoms with van der Waals surface area (Å²) in [5.41, 5.74) is 2.36. The molecule has 1 N–H and O–H groups in total. The lowest BCUT2D eigenvalue weighted by molar-refractivity contribution is 0.0312. The van der Waals surface area contributed by atoms with Crippen LogP contribution in [0, 0.1) is 17.2 Å². The van der Waals surface area contributed by atoms with Crippen LogP contribution in [0.3, 0.4) is 0 Å². The zero-order chi connectivity index (χ0) is 26.5. The summed E-state index contributed by atoms with van der Waals surface area (Å²) in [6.07, 6.45) is 5.47. The molecule has 10 heteroatoms. The Hall–Kier alpha value is -4.36. The van der Waals surface area contributed by atoms with Gasteiger partial charge in [-0.15, -0.1) is 0 Å². The number of ether oxygens (including phenoxy) is 1. The number of carbonyl (C=O) groups excluding carboxylic acids is 2. The second-order valence-electron chi connectivity index (χ2n) is 9.17. The fourth-order valence-electron chi connectivity index (χ4n) is 4.20. The van der Waals surface area contributed by atoms with Gasteiger partial charge in [0.25, 0.3) is 11.8 Å². The average Bonchev–Trinajstić information content (AvgIpc) is 2.94. The van der Waals surface area contributed by atoms with Crippen molar-refractivity contribution in [2.75, 3.05) is 26.7 Å². The Labute approximate surface area is 215 Å². The van der Waals surface area contributed by atoms with Crippen molar-refractivity contribution in [2.45, 2.75) is 26.0 Å². The first-order valence-electron chi connectivity index (χ1n) is 11.9. The standard InChI is InChI=1S/C27H28N6O4/c1-17-14-33(18(2)16-34)26(35)22-10-21(20-6-4-5-19(9-20)11-28)12-31-25(22)37-24(17)15-32(3)27(36)23-13-29-7-8-30-23/h4-10,12-13,17-18,24,34H,14-16H2,1-3H3/t17-,18+,24+/m0/s1. The molecule has 0 fully saturated rings. The number of aromatic nitrogens is 3. The maximum atomic E-state index is 13.6. The molecule has 0 saturated carbocycles. The van der Waals surface area contributed by atoms with Crippen molar-refractivity contribution in [3.8, 4) is 23.1 Å². The molecule has 2 aromatic heterocycles. The highest BCUT2D eigenvalue weighted by molar-refractivity contribution is 5.98. The number of hydrogen-bond donors (Lipinski definition) is 1. The molecule has 1 aliphatic rings. The van der Waals surface area contributed by atoms with E-state index in [9.17, 15) is 20.0 Å². The van der Waals surface area contributed by atoms with Crippen LogP contribution >= 0.6 is 0 Å². The number of nitriles is 1. The first kappa shape index (κ1) is 25.7. The number of aliphatic hydroxyl groups is 1. The summed E-state index contributed by atoms with van der Waals surface area (Å²) in [6, 6.07) is 10.4. The van der Waals surface area contributed by atoms with Crippen LogP contribution in [-0.2, 0) is 0 Å². The second-order valence-corrected chi connectivity index (χ2v) is 9.17. The average molecular weight is 501 g/mol. The number of amides is 2. The quantitative estimate of drug-likeness (QED) is 0.546. The zero-order valence-corrected chi connectivity index (χ0v) is 20.9. The van der Waals surface area contributed by atoms with Crippen molar-refractivity contribution in [1.29, 1.82) is 5.26 Å². The van der Waals surface area contributed by atoms with E-state index in [-0.39, 0.29) is 48.0 Å². The van der Waals surface area contributed by atoms with Gasteiger partial charge in [0.15, 0.2) is 0 Å². The Morgan fingerprint density at radius 1 is 1.27 bits per heavy atom. The Bertz CT molecular complexity index is 1330. The molecule has 10 nitrogen and oxygen atoms in total. The van der Waals surface area contributed by atoms with Gasteiger partial charge in [-0.1, -0.05) is 19.1 Å². The van der Waals surface area contributed by atoms with Crippen molar-refractivity contribution >= 4 is 11.8 Å². The number of aliphatic hydroxyl groups excluding tert-OH is 1. The third kappa shape index (κ3) is 5.57. The largest absolute Gasteiger partial charge is 0.472 e. The summed E-state index contributed by atoms with van der Waals surface area (Å²) < 4.78 is 6.27. The maximum Gasteiger partial charge on any atom is 0.273 e. The highest BCUT2D eigenvalue weighted by atomic mass is 16.5. The number of nitrogens with zero attached hydrogens (tertiary/aromatic N) is 6. The Morgan fingerprint density at radius 2 is 2.08 bits per heavy atom. The van der Waals surface area contributed by atoms with Crippen LogP contribution in [0.4, 0.5) is 0 Å². The minimum absolute atomic E-state index is 0.150. The number of pyridine rings is 1. The summed E-state index contributed by atoms with van der Waals surface area (Å²) in [5.74, 6) is -0.644. The van der Waals surface area contributed by atoms with Crippen LogP contribution in [0.25, 0.3) is 11.1 Å². The van der Waals surface area contributed by atoms with E-state index in [0.29, 0.717) is 17.7 Å². The second kappa shape index (κ2) is 11.1. The van der Waals surface area contributed by atoms with Gasteiger partial charge in [0.05, 0.1) is 37.0 Å². The number of fused-ring (bicyclic) bond motifs is 1. The Balaban J connectivity index is 1.70. The van der Waals surface area contributed by atoms with Crippen molar-refractivity contribution in [2.24, 2.45) is 5.92 Å². The van der Waals surface area contributed by atoms with Crippen molar-refractivity contribution in [3.63, 3.8) is 0 Å². The van der Waals surface area contributed by atoms with E-state index in [0.717, 1.165) is 5.56 Å². The lowest BCUT2D eigenvalue weighted by Crippen LogP contribution is -2.50. The molecule has 190 valence electrons. The number of rotatable bonds is 6. The minimum Gasteiger partial charge on any atom is -0.472 e. The third-order valence-corrected chi connectivity index (χ3v) is 6.43. The summed E-state index contributed by atoms with van der Waals surface area (Å²) in [7, 11) is 1.66. The summed E-state index contributed by atoms with van der Waals surface area (Å²) in [5, 5.41) is 19.1. The fraction of sp³-hybridized carbons (Fsp3) is 0.333.